The van der Waals surface area contributed by atoms with Gasteiger partial charge in [-0.15, -0.1) is 0 Å². The smallest absolute Gasteiger partial charge is 0.253 e. The van der Waals surface area contributed by atoms with Crippen LogP contribution in [0.2, 0.25) is 0 Å². The molecule has 1 atom stereocenters. The molecule has 1 aromatic heterocycles. The van der Waals surface area contributed by atoms with Crippen LogP contribution in [0.25, 0.3) is 11.3 Å². The Morgan fingerprint density at radius 3 is 2.57 bits per heavy atom. The second-order valence-electron chi connectivity index (χ2n) is 7.51. The molecule has 2 N–H and O–H groups in total. The van der Waals surface area contributed by atoms with Crippen molar-refractivity contribution in [1.82, 2.24) is 20.5 Å². The van der Waals surface area contributed by atoms with Gasteiger partial charge in [-0.2, -0.15) is 0 Å². The van der Waals surface area contributed by atoms with Gasteiger partial charge in [0, 0.05) is 31.6 Å². The van der Waals surface area contributed by atoms with Crippen molar-refractivity contribution in [3.05, 3.63) is 53.2 Å². The number of hydrogen-bond acceptors (Lipinski definition) is 4. The van der Waals surface area contributed by atoms with E-state index in [-0.39, 0.29) is 17.9 Å². The molecule has 0 bridgehead atoms. The summed E-state index contributed by atoms with van der Waals surface area (Å²) in [6.07, 6.45) is 2.13. The molecule has 1 aliphatic rings. The maximum absolute atomic E-state index is 12.7. The SMILES string of the molecule is CC(=O)NCc1ccc(-c2ccc(C(=O)NC3CCCN(C)C3)c(C)n2)cc1. The van der Waals surface area contributed by atoms with Crippen molar-refractivity contribution in [1.29, 1.82) is 0 Å². The zero-order valence-corrected chi connectivity index (χ0v) is 16.8. The molecular formula is C22H28N4O2. The minimum atomic E-state index is -0.0532. The van der Waals surface area contributed by atoms with Crippen LogP contribution in [0, 0.1) is 6.92 Å². The van der Waals surface area contributed by atoms with E-state index in [1.165, 1.54) is 6.92 Å². The zero-order valence-electron chi connectivity index (χ0n) is 16.8. The average molecular weight is 380 g/mol. The van der Waals surface area contributed by atoms with Crippen LogP contribution in [0.4, 0.5) is 0 Å². The summed E-state index contributed by atoms with van der Waals surface area (Å²) in [4.78, 5) is 30.6. The van der Waals surface area contributed by atoms with Crippen molar-refractivity contribution in [2.45, 2.75) is 39.3 Å². The van der Waals surface area contributed by atoms with Gasteiger partial charge in [-0.25, -0.2) is 0 Å². The number of rotatable bonds is 5. The summed E-state index contributed by atoms with van der Waals surface area (Å²) < 4.78 is 0. The molecule has 2 aromatic rings. The van der Waals surface area contributed by atoms with Crippen LogP contribution in [0.1, 0.15) is 41.4 Å². The maximum Gasteiger partial charge on any atom is 0.253 e. The number of hydrogen-bond donors (Lipinski definition) is 2. The Morgan fingerprint density at radius 2 is 1.93 bits per heavy atom. The molecule has 0 radical (unpaired) electrons. The predicted molar refractivity (Wildman–Crippen MR) is 110 cm³/mol. The molecule has 1 aliphatic heterocycles. The fourth-order valence-corrected chi connectivity index (χ4v) is 3.53. The highest BCUT2D eigenvalue weighted by atomic mass is 16.2. The van der Waals surface area contributed by atoms with Gasteiger partial charge in [0.2, 0.25) is 5.91 Å². The Hall–Kier alpha value is -2.73. The molecule has 28 heavy (non-hydrogen) atoms. The Balaban J connectivity index is 1.67. The van der Waals surface area contributed by atoms with Gasteiger partial charge in [0.25, 0.3) is 5.91 Å². The summed E-state index contributed by atoms with van der Waals surface area (Å²) in [5, 5.41) is 5.93. The molecule has 1 fully saturated rings. The number of likely N-dealkylation sites (N-methyl/N-ethyl adjacent to an activating group) is 1. The minimum Gasteiger partial charge on any atom is -0.352 e. The topological polar surface area (TPSA) is 74.3 Å². The van der Waals surface area contributed by atoms with E-state index in [0.29, 0.717) is 12.1 Å². The van der Waals surface area contributed by atoms with Crippen molar-refractivity contribution in [2.24, 2.45) is 0 Å². The number of carbonyl (C=O) groups is 2. The van der Waals surface area contributed by atoms with Crippen LogP contribution in [0.3, 0.4) is 0 Å². The molecule has 3 rings (SSSR count). The van der Waals surface area contributed by atoms with Gasteiger partial charge in [-0.3, -0.25) is 14.6 Å². The molecule has 0 spiro atoms. The molecule has 6 nitrogen and oxygen atoms in total. The number of likely N-dealkylation sites (tertiary alicyclic amines) is 1. The van der Waals surface area contributed by atoms with Crippen molar-refractivity contribution in [3.8, 4) is 11.3 Å². The molecule has 1 unspecified atom stereocenters. The summed E-state index contributed by atoms with van der Waals surface area (Å²) >= 11 is 0. The van der Waals surface area contributed by atoms with Crippen molar-refractivity contribution >= 4 is 11.8 Å². The molecular weight excluding hydrogens is 352 g/mol. The highest BCUT2D eigenvalue weighted by Gasteiger charge is 2.20. The molecule has 148 valence electrons. The van der Waals surface area contributed by atoms with Crippen LogP contribution < -0.4 is 10.6 Å². The predicted octanol–water partition coefficient (Wildman–Crippen LogP) is 2.52. The number of nitrogens with zero attached hydrogens (tertiary/aromatic N) is 2. The molecule has 6 heteroatoms. The number of carbonyl (C=O) groups excluding carboxylic acids is 2. The monoisotopic (exact) mass is 380 g/mol. The van der Waals surface area contributed by atoms with Gasteiger partial charge in [0.15, 0.2) is 0 Å². The number of aromatic nitrogens is 1. The Kier molecular flexibility index (Phi) is 6.41. The summed E-state index contributed by atoms with van der Waals surface area (Å²) in [7, 11) is 2.08. The van der Waals surface area contributed by atoms with Crippen molar-refractivity contribution < 1.29 is 9.59 Å². The fourth-order valence-electron chi connectivity index (χ4n) is 3.53. The molecule has 2 heterocycles. The lowest BCUT2D eigenvalue weighted by atomic mass is 10.0. The highest BCUT2D eigenvalue weighted by Crippen LogP contribution is 2.20. The van der Waals surface area contributed by atoms with Crippen LogP contribution in [-0.2, 0) is 11.3 Å². The molecule has 0 saturated carbocycles. The number of nitrogens with one attached hydrogen (secondary N) is 2. The van der Waals surface area contributed by atoms with Crippen molar-refractivity contribution in [2.75, 3.05) is 20.1 Å². The zero-order chi connectivity index (χ0) is 20.1. The van der Waals surface area contributed by atoms with E-state index in [1.54, 1.807) is 0 Å². The standard InChI is InChI=1S/C22H28N4O2/c1-15-20(22(28)25-19-5-4-12-26(3)14-19)10-11-21(24-15)18-8-6-17(7-9-18)13-23-16(2)27/h6-11,19H,4-5,12-14H2,1-3H3,(H,23,27)(H,25,28). The quantitative estimate of drug-likeness (QED) is 0.836. The van der Waals surface area contributed by atoms with Gasteiger partial charge < -0.3 is 15.5 Å². The number of pyridine rings is 1. The first-order valence-electron chi connectivity index (χ1n) is 9.73. The van der Waals surface area contributed by atoms with Crippen LogP contribution in [0.15, 0.2) is 36.4 Å². The molecule has 1 saturated heterocycles. The van der Waals surface area contributed by atoms with Gasteiger partial charge in [0.1, 0.15) is 0 Å². The lowest BCUT2D eigenvalue weighted by molar-refractivity contribution is -0.119. The van der Waals surface area contributed by atoms with Gasteiger partial charge in [-0.05, 0) is 51.1 Å². The second-order valence-corrected chi connectivity index (χ2v) is 7.51. The molecule has 1 aromatic carbocycles. The second kappa shape index (κ2) is 8.97. The summed E-state index contributed by atoms with van der Waals surface area (Å²) in [5.41, 5.74) is 4.19. The molecule has 0 aliphatic carbocycles. The first kappa shape index (κ1) is 20.0. The third-order valence-corrected chi connectivity index (χ3v) is 5.08. The third kappa shape index (κ3) is 5.16. The Labute approximate surface area is 166 Å². The fraction of sp³-hybridized carbons (Fsp3) is 0.409. The first-order valence-corrected chi connectivity index (χ1v) is 9.73. The number of amides is 2. The lowest BCUT2D eigenvalue weighted by Gasteiger charge is -2.30. The number of benzene rings is 1. The Bertz CT molecular complexity index is 848. The summed E-state index contributed by atoms with van der Waals surface area (Å²) in [6, 6.07) is 11.8. The number of aryl methyl sites for hydroxylation is 1. The van der Waals surface area contributed by atoms with E-state index in [9.17, 15) is 9.59 Å². The van der Waals surface area contributed by atoms with Gasteiger partial charge >= 0.3 is 0 Å². The van der Waals surface area contributed by atoms with E-state index < -0.39 is 0 Å². The average Bonchev–Trinajstić information content (AvgIpc) is 2.66. The third-order valence-electron chi connectivity index (χ3n) is 5.08. The van der Waals surface area contributed by atoms with Crippen molar-refractivity contribution in [3.63, 3.8) is 0 Å². The first-order chi connectivity index (χ1) is 13.4. The van der Waals surface area contributed by atoms with E-state index in [4.69, 9.17) is 0 Å². The van der Waals surface area contributed by atoms with Crippen LogP contribution >= 0.6 is 0 Å². The van der Waals surface area contributed by atoms with Crippen LogP contribution in [0.5, 0.6) is 0 Å². The number of piperidine rings is 1. The van der Waals surface area contributed by atoms with Crippen LogP contribution in [-0.4, -0.2) is 47.9 Å². The summed E-state index contributed by atoms with van der Waals surface area (Å²) in [6.45, 7) is 5.87. The normalized spacial score (nSPS) is 17.2. The maximum atomic E-state index is 12.7. The van der Waals surface area contributed by atoms with E-state index in [2.05, 4.69) is 27.6 Å². The minimum absolute atomic E-state index is 0.0462. The summed E-state index contributed by atoms with van der Waals surface area (Å²) in [5.74, 6) is -0.0994. The Morgan fingerprint density at radius 1 is 1.18 bits per heavy atom. The van der Waals surface area contributed by atoms with Gasteiger partial charge in [0.05, 0.1) is 17.0 Å². The molecule has 2 amide bonds. The highest BCUT2D eigenvalue weighted by molar-refractivity contribution is 5.95. The lowest BCUT2D eigenvalue weighted by Crippen LogP contribution is -2.46. The van der Waals surface area contributed by atoms with E-state index in [1.807, 2.05) is 43.3 Å². The largest absolute Gasteiger partial charge is 0.352 e. The van der Waals surface area contributed by atoms with E-state index >= 15 is 0 Å². The van der Waals surface area contributed by atoms with Gasteiger partial charge in [-0.1, -0.05) is 24.3 Å². The van der Waals surface area contributed by atoms with E-state index in [0.717, 1.165) is 48.4 Å².